The van der Waals surface area contributed by atoms with Crippen LogP contribution in [0.5, 0.6) is 0 Å². The first-order chi connectivity index (χ1) is 17.3. The van der Waals surface area contributed by atoms with Crippen LogP contribution in [-0.4, -0.2) is 27.5 Å². The first kappa shape index (κ1) is 26.8. The summed E-state index contributed by atoms with van der Waals surface area (Å²) in [4.78, 5) is 27.5. The number of aliphatic carboxylic acids is 1. The van der Waals surface area contributed by atoms with E-state index in [-0.39, 0.29) is 23.0 Å². The number of halogens is 2. The van der Waals surface area contributed by atoms with Crippen LogP contribution in [0.25, 0.3) is 11.1 Å². The molecule has 1 heterocycles. The lowest BCUT2D eigenvalue weighted by atomic mass is 9.83. The van der Waals surface area contributed by atoms with Crippen molar-refractivity contribution < 1.29 is 23.8 Å². The fraction of sp³-hybridized carbons (Fsp3) is 0.333. The number of hydrogen-bond donors (Lipinski definition) is 1. The van der Waals surface area contributed by atoms with Gasteiger partial charge in [0, 0.05) is 24.2 Å². The van der Waals surface area contributed by atoms with E-state index in [4.69, 9.17) is 16.3 Å². The molecule has 1 atom stereocenters. The second kappa shape index (κ2) is 9.92. The standard InChI is InChI=1S/C30H31ClFNO4/c1-16-7-9-19(10-8-16)25-17(2)21-14-33(28(34)20-11-12-23(31)24(32)13-20)15-22(21)18(3)26(25)27(29(35)36)37-30(4,5)6/h7-13,27H,14-15H2,1-6H3,(H,35,36). The number of benzene rings is 3. The molecule has 1 aliphatic rings. The van der Waals surface area contributed by atoms with Crippen LogP contribution >= 0.6 is 11.6 Å². The third kappa shape index (κ3) is 5.27. The normalized spacial score (nSPS) is 14.0. The van der Waals surface area contributed by atoms with Crippen LogP contribution in [0.4, 0.5) is 4.39 Å². The predicted octanol–water partition coefficient (Wildman–Crippen LogP) is 7.17. The fourth-order valence-electron chi connectivity index (χ4n) is 4.98. The van der Waals surface area contributed by atoms with Crippen molar-refractivity contribution >= 4 is 23.5 Å². The zero-order chi connectivity index (χ0) is 27.2. The van der Waals surface area contributed by atoms with Gasteiger partial charge in [0.2, 0.25) is 0 Å². The van der Waals surface area contributed by atoms with E-state index in [1.54, 1.807) is 4.90 Å². The van der Waals surface area contributed by atoms with Crippen molar-refractivity contribution in [3.8, 4) is 11.1 Å². The Kier molecular flexibility index (Phi) is 7.19. The molecular formula is C30H31ClFNO4. The van der Waals surface area contributed by atoms with Crippen LogP contribution in [0.15, 0.2) is 42.5 Å². The Bertz CT molecular complexity index is 1390. The lowest BCUT2D eigenvalue weighted by molar-refractivity contribution is -0.160. The van der Waals surface area contributed by atoms with Crippen molar-refractivity contribution in [3.05, 3.63) is 92.2 Å². The monoisotopic (exact) mass is 523 g/mol. The number of ether oxygens (including phenoxy) is 1. The number of amides is 1. The topological polar surface area (TPSA) is 66.8 Å². The average molecular weight is 524 g/mol. The van der Waals surface area contributed by atoms with E-state index in [2.05, 4.69) is 0 Å². The van der Waals surface area contributed by atoms with Gasteiger partial charge in [-0.25, -0.2) is 9.18 Å². The molecule has 0 fully saturated rings. The van der Waals surface area contributed by atoms with Gasteiger partial charge in [0.05, 0.1) is 10.6 Å². The van der Waals surface area contributed by atoms with Gasteiger partial charge in [-0.15, -0.1) is 0 Å². The molecule has 1 N–H and O–H groups in total. The van der Waals surface area contributed by atoms with E-state index in [0.29, 0.717) is 12.1 Å². The minimum Gasteiger partial charge on any atom is -0.479 e. The van der Waals surface area contributed by atoms with E-state index >= 15 is 0 Å². The van der Waals surface area contributed by atoms with Gasteiger partial charge in [-0.2, -0.15) is 0 Å². The summed E-state index contributed by atoms with van der Waals surface area (Å²) in [5.74, 6) is -2.04. The highest BCUT2D eigenvalue weighted by molar-refractivity contribution is 6.30. The van der Waals surface area contributed by atoms with E-state index in [1.807, 2.05) is 65.8 Å². The summed E-state index contributed by atoms with van der Waals surface area (Å²) in [6, 6.07) is 12.0. The fourth-order valence-corrected chi connectivity index (χ4v) is 5.10. The van der Waals surface area contributed by atoms with E-state index in [9.17, 15) is 19.1 Å². The third-order valence-electron chi connectivity index (χ3n) is 6.77. The average Bonchev–Trinajstić information content (AvgIpc) is 3.27. The molecule has 0 saturated heterocycles. The van der Waals surface area contributed by atoms with E-state index in [0.717, 1.165) is 45.0 Å². The highest BCUT2D eigenvalue weighted by Gasteiger charge is 2.36. The van der Waals surface area contributed by atoms with Crippen LogP contribution in [0.3, 0.4) is 0 Å². The SMILES string of the molecule is Cc1ccc(-c2c(C)c3c(c(C)c2C(OC(C)(C)C)C(=O)O)CN(C(=O)c2ccc(Cl)c(F)c2)C3)cc1. The van der Waals surface area contributed by atoms with Crippen LogP contribution in [0, 0.1) is 26.6 Å². The molecule has 0 aliphatic carbocycles. The number of fused-ring (bicyclic) bond motifs is 1. The zero-order valence-corrected chi connectivity index (χ0v) is 22.7. The van der Waals surface area contributed by atoms with Crippen molar-refractivity contribution in [2.45, 2.75) is 66.3 Å². The molecule has 0 radical (unpaired) electrons. The lowest BCUT2D eigenvalue weighted by Crippen LogP contribution is -2.28. The van der Waals surface area contributed by atoms with Gasteiger partial charge < -0.3 is 14.7 Å². The van der Waals surface area contributed by atoms with Crippen molar-refractivity contribution in [3.63, 3.8) is 0 Å². The summed E-state index contributed by atoms with van der Waals surface area (Å²) in [5.41, 5.74) is 6.44. The molecule has 194 valence electrons. The number of aryl methyl sites for hydroxylation is 1. The second-order valence-corrected chi connectivity index (χ2v) is 11.0. The maximum absolute atomic E-state index is 14.1. The quantitative estimate of drug-likeness (QED) is 0.385. The summed E-state index contributed by atoms with van der Waals surface area (Å²) < 4.78 is 20.2. The number of carboxylic acid groups (broad SMARTS) is 1. The Labute approximate surface area is 221 Å². The predicted molar refractivity (Wildman–Crippen MR) is 142 cm³/mol. The molecule has 4 rings (SSSR count). The summed E-state index contributed by atoms with van der Waals surface area (Å²) in [6.45, 7) is 12.0. The van der Waals surface area contributed by atoms with Crippen LogP contribution in [0.1, 0.15) is 70.6 Å². The molecule has 1 aliphatic heterocycles. The van der Waals surface area contributed by atoms with E-state index < -0.39 is 23.5 Å². The Morgan fingerprint density at radius 2 is 1.59 bits per heavy atom. The minimum atomic E-state index is -1.20. The summed E-state index contributed by atoms with van der Waals surface area (Å²) in [6.07, 6.45) is -1.20. The molecule has 0 spiro atoms. The van der Waals surface area contributed by atoms with Gasteiger partial charge in [-0.1, -0.05) is 41.4 Å². The van der Waals surface area contributed by atoms with Crippen LogP contribution < -0.4 is 0 Å². The summed E-state index contributed by atoms with van der Waals surface area (Å²) in [7, 11) is 0. The molecule has 37 heavy (non-hydrogen) atoms. The van der Waals surface area contributed by atoms with Crippen molar-refractivity contribution in [2.75, 3.05) is 0 Å². The molecule has 0 aromatic heterocycles. The molecule has 3 aromatic carbocycles. The molecule has 1 unspecified atom stereocenters. The van der Waals surface area contributed by atoms with Crippen molar-refractivity contribution in [1.29, 1.82) is 0 Å². The summed E-state index contributed by atoms with van der Waals surface area (Å²) >= 11 is 5.80. The smallest absolute Gasteiger partial charge is 0.337 e. The van der Waals surface area contributed by atoms with Gasteiger partial charge in [0.15, 0.2) is 6.10 Å². The Morgan fingerprint density at radius 3 is 2.14 bits per heavy atom. The molecule has 0 bridgehead atoms. The van der Waals surface area contributed by atoms with Gasteiger partial charge in [0.25, 0.3) is 5.91 Å². The molecule has 7 heteroatoms. The van der Waals surface area contributed by atoms with Crippen LogP contribution in [0.2, 0.25) is 5.02 Å². The highest BCUT2D eigenvalue weighted by atomic mass is 35.5. The number of carbonyl (C=O) groups excluding carboxylic acids is 1. The first-order valence-electron chi connectivity index (χ1n) is 12.1. The second-order valence-electron chi connectivity index (χ2n) is 10.6. The highest BCUT2D eigenvalue weighted by Crippen LogP contribution is 2.44. The molecular weight excluding hydrogens is 493 g/mol. The molecule has 3 aromatic rings. The summed E-state index contributed by atoms with van der Waals surface area (Å²) in [5, 5.41) is 10.2. The number of carbonyl (C=O) groups is 2. The third-order valence-corrected chi connectivity index (χ3v) is 7.07. The molecule has 0 saturated carbocycles. The molecule has 1 amide bonds. The lowest BCUT2D eigenvalue weighted by Gasteiger charge is -2.29. The Balaban J connectivity index is 1.88. The molecule has 5 nitrogen and oxygen atoms in total. The van der Waals surface area contributed by atoms with Gasteiger partial charge in [-0.3, -0.25) is 4.79 Å². The minimum absolute atomic E-state index is 0.0427. The Hall–Kier alpha value is -3.22. The van der Waals surface area contributed by atoms with Gasteiger partial charge >= 0.3 is 5.97 Å². The maximum atomic E-state index is 14.1. The number of rotatable bonds is 5. The van der Waals surface area contributed by atoms with Gasteiger partial charge in [0.1, 0.15) is 5.82 Å². The largest absolute Gasteiger partial charge is 0.479 e. The van der Waals surface area contributed by atoms with E-state index in [1.165, 1.54) is 12.1 Å². The van der Waals surface area contributed by atoms with Crippen molar-refractivity contribution in [2.24, 2.45) is 0 Å². The van der Waals surface area contributed by atoms with Crippen molar-refractivity contribution in [1.82, 2.24) is 4.90 Å². The number of nitrogens with zero attached hydrogens (tertiary/aromatic N) is 1. The number of carboxylic acids is 1. The number of hydrogen-bond acceptors (Lipinski definition) is 3. The van der Waals surface area contributed by atoms with Gasteiger partial charge in [-0.05, 0) is 93.1 Å². The zero-order valence-electron chi connectivity index (χ0n) is 21.9. The Morgan fingerprint density at radius 1 is 1.00 bits per heavy atom. The maximum Gasteiger partial charge on any atom is 0.337 e. The first-order valence-corrected chi connectivity index (χ1v) is 12.5. The van der Waals surface area contributed by atoms with Crippen LogP contribution in [-0.2, 0) is 22.6 Å².